The van der Waals surface area contributed by atoms with Crippen molar-refractivity contribution in [3.8, 4) is 0 Å². The van der Waals surface area contributed by atoms with Crippen LogP contribution >= 0.6 is 11.6 Å². The number of nitrogens with two attached hydrogens (primary N) is 1. The molecule has 2 amide bonds. The minimum Gasteiger partial charge on any atom is -0.330 e. The zero-order valence-corrected chi connectivity index (χ0v) is 13.3. The van der Waals surface area contributed by atoms with Gasteiger partial charge in [0, 0.05) is 17.7 Å². The first kappa shape index (κ1) is 17.0. The molecule has 2 aromatic carbocycles. The van der Waals surface area contributed by atoms with Crippen LogP contribution in [0.2, 0.25) is 5.02 Å². The summed E-state index contributed by atoms with van der Waals surface area (Å²) in [5.41, 5.74) is 6.98. The molecule has 0 fully saturated rings. The second-order valence-electron chi connectivity index (χ2n) is 4.96. The number of benzene rings is 2. The Hall–Kier alpha value is -2.37. The lowest BCUT2D eigenvalue weighted by Crippen LogP contribution is -2.14. The molecule has 0 saturated carbocycles. The van der Waals surface area contributed by atoms with Gasteiger partial charge in [0.2, 0.25) is 5.91 Å². The number of carbonyl (C=O) groups is 2. The van der Waals surface area contributed by atoms with E-state index in [9.17, 15) is 9.59 Å². The summed E-state index contributed by atoms with van der Waals surface area (Å²) in [4.78, 5) is 23.7. The Labute approximate surface area is 139 Å². The predicted octanol–water partition coefficient (Wildman–Crippen LogP) is 3.27. The largest absolute Gasteiger partial charge is 0.330 e. The number of carbonyl (C=O) groups excluding carboxylic acids is 2. The fourth-order valence-corrected chi connectivity index (χ4v) is 2.19. The van der Waals surface area contributed by atoms with E-state index in [1.807, 2.05) is 6.07 Å². The molecule has 0 radical (unpaired) electrons. The summed E-state index contributed by atoms with van der Waals surface area (Å²) >= 11 is 6.16. The van der Waals surface area contributed by atoms with Crippen LogP contribution in [0.3, 0.4) is 0 Å². The van der Waals surface area contributed by atoms with Crippen LogP contribution < -0.4 is 16.4 Å². The van der Waals surface area contributed by atoms with Gasteiger partial charge in [-0.3, -0.25) is 9.59 Å². The number of anilines is 2. The average Bonchev–Trinajstić information content (AvgIpc) is 2.56. The third-order valence-electron chi connectivity index (χ3n) is 3.14. The van der Waals surface area contributed by atoms with Crippen LogP contribution in [0.15, 0.2) is 48.5 Å². The number of nitrogens with one attached hydrogen (secondary N) is 2. The summed E-state index contributed by atoms with van der Waals surface area (Å²) in [6.07, 6.45) is 0.991. The summed E-state index contributed by atoms with van der Waals surface area (Å²) < 4.78 is 0. The Morgan fingerprint density at radius 1 is 1.04 bits per heavy atom. The molecule has 6 heteroatoms. The zero-order chi connectivity index (χ0) is 16.7. The van der Waals surface area contributed by atoms with Crippen molar-refractivity contribution in [1.82, 2.24) is 0 Å². The van der Waals surface area contributed by atoms with E-state index in [2.05, 4.69) is 10.6 Å². The molecule has 0 bridgehead atoms. The highest BCUT2D eigenvalue weighted by Crippen LogP contribution is 2.26. The highest BCUT2D eigenvalue weighted by Gasteiger charge is 2.09. The molecule has 0 aromatic heterocycles. The van der Waals surface area contributed by atoms with Gasteiger partial charge in [-0.1, -0.05) is 29.8 Å². The molecular weight excluding hydrogens is 314 g/mol. The molecule has 0 aliphatic heterocycles. The van der Waals surface area contributed by atoms with E-state index in [-0.39, 0.29) is 11.8 Å². The lowest BCUT2D eigenvalue weighted by molar-refractivity contribution is -0.116. The summed E-state index contributed by atoms with van der Waals surface area (Å²) in [7, 11) is 0. The van der Waals surface area contributed by atoms with E-state index in [0.717, 1.165) is 0 Å². The van der Waals surface area contributed by atoms with Crippen molar-refractivity contribution < 1.29 is 9.59 Å². The summed E-state index contributed by atoms with van der Waals surface area (Å²) in [5.74, 6) is -0.361. The highest BCUT2D eigenvalue weighted by molar-refractivity contribution is 6.34. The first-order valence-electron chi connectivity index (χ1n) is 7.26. The molecular formula is C17H18ClN3O2. The average molecular weight is 332 g/mol. The van der Waals surface area contributed by atoms with Gasteiger partial charge in [-0.2, -0.15) is 0 Å². The number of amides is 2. The molecule has 2 aromatic rings. The zero-order valence-electron chi connectivity index (χ0n) is 12.5. The Balaban J connectivity index is 2.02. The van der Waals surface area contributed by atoms with Crippen LogP contribution in [0.1, 0.15) is 23.2 Å². The number of halogens is 1. The smallest absolute Gasteiger partial charge is 0.255 e. The van der Waals surface area contributed by atoms with Crippen molar-refractivity contribution in [2.24, 2.45) is 5.73 Å². The Morgan fingerprint density at radius 2 is 1.78 bits per heavy atom. The van der Waals surface area contributed by atoms with Crippen LogP contribution in [0.25, 0.3) is 0 Å². The normalized spacial score (nSPS) is 10.2. The Morgan fingerprint density at radius 3 is 2.43 bits per heavy atom. The second kappa shape index (κ2) is 8.31. The molecule has 0 unspecified atom stereocenters. The number of rotatable bonds is 6. The SMILES string of the molecule is NCCCC(=O)Nc1ccc(NC(=O)c2ccccc2)c(Cl)c1. The van der Waals surface area contributed by atoms with Gasteiger partial charge in [-0.15, -0.1) is 0 Å². The summed E-state index contributed by atoms with van der Waals surface area (Å²) in [6, 6.07) is 13.8. The summed E-state index contributed by atoms with van der Waals surface area (Å²) in [6.45, 7) is 0.471. The molecule has 4 N–H and O–H groups in total. The van der Waals surface area contributed by atoms with Gasteiger partial charge in [-0.05, 0) is 43.3 Å². The monoisotopic (exact) mass is 331 g/mol. The maximum Gasteiger partial charge on any atom is 0.255 e. The fraction of sp³-hybridized carbons (Fsp3) is 0.176. The first-order chi connectivity index (χ1) is 11.1. The molecule has 5 nitrogen and oxygen atoms in total. The second-order valence-corrected chi connectivity index (χ2v) is 5.36. The third-order valence-corrected chi connectivity index (χ3v) is 3.46. The van der Waals surface area contributed by atoms with Crippen LogP contribution in [0.5, 0.6) is 0 Å². The number of hydrogen-bond acceptors (Lipinski definition) is 3. The van der Waals surface area contributed by atoms with Gasteiger partial charge in [0.25, 0.3) is 5.91 Å². The van der Waals surface area contributed by atoms with Gasteiger partial charge >= 0.3 is 0 Å². The van der Waals surface area contributed by atoms with Gasteiger partial charge in [0.15, 0.2) is 0 Å². The molecule has 0 heterocycles. The van der Waals surface area contributed by atoms with Crippen molar-refractivity contribution >= 4 is 34.8 Å². The minimum absolute atomic E-state index is 0.118. The van der Waals surface area contributed by atoms with Crippen molar-refractivity contribution in [3.63, 3.8) is 0 Å². The van der Waals surface area contributed by atoms with Gasteiger partial charge < -0.3 is 16.4 Å². The van der Waals surface area contributed by atoms with E-state index in [4.69, 9.17) is 17.3 Å². The van der Waals surface area contributed by atoms with E-state index in [1.54, 1.807) is 42.5 Å². The molecule has 23 heavy (non-hydrogen) atoms. The first-order valence-corrected chi connectivity index (χ1v) is 7.64. The van der Waals surface area contributed by atoms with Gasteiger partial charge in [-0.25, -0.2) is 0 Å². The van der Waals surface area contributed by atoms with Crippen molar-refractivity contribution in [3.05, 3.63) is 59.1 Å². The number of hydrogen-bond donors (Lipinski definition) is 3. The van der Waals surface area contributed by atoms with Crippen LogP contribution in [0, 0.1) is 0 Å². The maximum atomic E-state index is 12.1. The van der Waals surface area contributed by atoms with Gasteiger partial charge in [0.05, 0.1) is 10.7 Å². The van der Waals surface area contributed by atoms with Crippen molar-refractivity contribution in [2.75, 3.05) is 17.2 Å². The van der Waals surface area contributed by atoms with E-state index in [0.29, 0.717) is 41.3 Å². The lowest BCUT2D eigenvalue weighted by Gasteiger charge is -2.10. The summed E-state index contributed by atoms with van der Waals surface area (Å²) in [5, 5.41) is 5.83. The molecule has 120 valence electrons. The van der Waals surface area contributed by atoms with E-state index >= 15 is 0 Å². The van der Waals surface area contributed by atoms with Gasteiger partial charge in [0.1, 0.15) is 0 Å². The lowest BCUT2D eigenvalue weighted by atomic mass is 10.2. The molecule has 0 aliphatic carbocycles. The van der Waals surface area contributed by atoms with Crippen LogP contribution in [0.4, 0.5) is 11.4 Å². The van der Waals surface area contributed by atoms with E-state index < -0.39 is 0 Å². The Kier molecular flexibility index (Phi) is 6.14. The highest BCUT2D eigenvalue weighted by atomic mass is 35.5. The standard InChI is InChI=1S/C17H18ClN3O2/c18-14-11-13(20-16(22)7-4-10-19)8-9-15(14)21-17(23)12-5-2-1-3-6-12/h1-3,5-6,8-9,11H,4,7,10,19H2,(H,20,22)(H,21,23). The quantitative estimate of drug-likeness (QED) is 0.759. The predicted molar refractivity (Wildman–Crippen MR) is 92.8 cm³/mol. The molecule has 0 spiro atoms. The van der Waals surface area contributed by atoms with E-state index in [1.165, 1.54) is 0 Å². The van der Waals surface area contributed by atoms with Crippen LogP contribution in [-0.2, 0) is 4.79 Å². The molecule has 0 saturated heterocycles. The fourth-order valence-electron chi connectivity index (χ4n) is 1.96. The Bertz CT molecular complexity index is 689. The molecule has 0 atom stereocenters. The maximum absolute atomic E-state index is 12.1. The van der Waals surface area contributed by atoms with Crippen LogP contribution in [-0.4, -0.2) is 18.4 Å². The molecule has 2 rings (SSSR count). The minimum atomic E-state index is -0.243. The third kappa shape index (κ3) is 5.09. The van der Waals surface area contributed by atoms with Crippen molar-refractivity contribution in [2.45, 2.75) is 12.8 Å². The van der Waals surface area contributed by atoms with Crippen molar-refractivity contribution in [1.29, 1.82) is 0 Å². The molecule has 0 aliphatic rings. The topological polar surface area (TPSA) is 84.2 Å².